The normalized spacial score (nSPS) is 11.0. The summed E-state index contributed by atoms with van der Waals surface area (Å²) < 4.78 is 13.1. The fourth-order valence-electron chi connectivity index (χ4n) is 1.56. The molecule has 0 aliphatic heterocycles. The summed E-state index contributed by atoms with van der Waals surface area (Å²) in [7, 11) is 0. The third-order valence-electron chi connectivity index (χ3n) is 2.52. The summed E-state index contributed by atoms with van der Waals surface area (Å²) in [5, 5.41) is 23.2. The lowest BCUT2D eigenvalue weighted by molar-refractivity contribution is -0.384. The van der Waals surface area contributed by atoms with E-state index in [0.717, 1.165) is 11.1 Å². The van der Waals surface area contributed by atoms with E-state index in [4.69, 9.17) is 0 Å². The lowest BCUT2D eigenvalue weighted by Crippen LogP contribution is -2.21. The Kier molecular flexibility index (Phi) is 4.35. The molecule has 1 N–H and O–H groups in total. The van der Waals surface area contributed by atoms with Gasteiger partial charge in [0.25, 0.3) is 5.69 Å². The van der Waals surface area contributed by atoms with Gasteiger partial charge in [0, 0.05) is 12.6 Å². The van der Waals surface area contributed by atoms with Crippen LogP contribution in [0.4, 0.5) is 10.1 Å². The minimum Gasteiger partial charge on any atom is -0.308 e. The molecule has 20 heavy (non-hydrogen) atoms. The maximum Gasteiger partial charge on any atom is 0.282 e. The van der Waals surface area contributed by atoms with E-state index in [-0.39, 0.29) is 11.3 Å². The van der Waals surface area contributed by atoms with Crippen LogP contribution >= 0.6 is 11.3 Å². The van der Waals surface area contributed by atoms with Crippen molar-refractivity contribution in [1.29, 1.82) is 0 Å². The average Bonchev–Trinajstić information content (AvgIpc) is 2.84. The van der Waals surface area contributed by atoms with E-state index in [2.05, 4.69) is 15.5 Å². The molecule has 8 heteroatoms. The van der Waals surface area contributed by atoms with Crippen LogP contribution < -0.4 is 5.32 Å². The van der Waals surface area contributed by atoms with E-state index in [9.17, 15) is 14.5 Å². The Balaban J connectivity index is 2.30. The van der Waals surface area contributed by atoms with Crippen LogP contribution in [0.5, 0.6) is 0 Å². The molecule has 0 aliphatic rings. The molecule has 0 spiro atoms. The lowest BCUT2D eigenvalue weighted by atomic mass is 10.2. The number of hydrogen-bond acceptors (Lipinski definition) is 6. The summed E-state index contributed by atoms with van der Waals surface area (Å²) in [4.78, 5) is 10.3. The summed E-state index contributed by atoms with van der Waals surface area (Å²) in [6.07, 6.45) is 0. The predicted molar refractivity (Wildman–Crippen MR) is 73.9 cm³/mol. The number of hydrogen-bond donors (Lipinski definition) is 1. The van der Waals surface area contributed by atoms with E-state index in [1.807, 2.05) is 13.8 Å². The molecule has 1 aromatic carbocycles. The molecule has 0 aliphatic carbocycles. The quantitative estimate of drug-likeness (QED) is 0.677. The van der Waals surface area contributed by atoms with Crippen molar-refractivity contribution in [3.05, 3.63) is 39.1 Å². The summed E-state index contributed by atoms with van der Waals surface area (Å²) in [6.45, 7) is 4.56. The third-order valence-corrected chi connectivity index (χ3v) is 3.47. The first-order chi connectivity index (χ1) is 9.47. The van der Waals surface area contributed by atoms with Gasteiger partial charge in [0.15, 0.2) is 5.01 Å². The van der Waals surface area contributed by atoms with Gasteiger partial charge in [-0.2, -0.15) is 0 Å². The molecule has 0 fully saturated rings. The maximum atomic E-state index is 13.1. The van der Waals surface area contributed by atoms with Gasteiger partial charge < -0.3 is 5.32 Å². The predicted octanol–water partition coefficient (Wildman–Crippen LogP) is 2.75. The third kappa shape index (κ3) is 3.34. The summed E-state index contributed by atoms with van der Waals surface area (Å²) >= 11 is 1.25. The Labute approximate surface area is 118 Å². The zero-order chi connectivity index (χ0) is 14.7. The van der Waals surface area contributed by atoms with Crippen molar-refractivity contribution >= 4 is 17.0 Å². The fourth-order valence-corrected chi connectivity index (χ4v) is 2.39. The topological polar surface area (TPSA) is 81.0 Å². The van der Waals surface area contributed by atoms with Crippen LogP contribution in [0.15, 0.2) is 18.2 Å². The van der Waals surface area contributed by atoms with E-state index in [1.54, 1.807) is 0 Å². The Morgan fingerprint density at radius 3 is 2.85 bits per heavy atom. The average molecular weight is 296 g/mol. The Bertz CT molecular complexity index is 630. The second-order valence-corrected chi connectivity index (χ2v) is 5.52. The molecule has 106 valence electrons. The van der Waals surface area contributed by atoms with Crippen LogP contribution in [0.1, 0.15) is 18.9 Å². The van der Waals surface area contributed by atoms with Gasteiger partial charge in [-0.05, 0) is 12.1 Å². The van der Waals surface area contributed by atoms with Crippen LogP contribution in [-0.2, 0) is 6.54 Å². The second-order valence-electron chi connectivity index (χ2n) is 4.46. The molecule has 0 saturated carbocycles. The monoisotopic (exact) mass is 296 g/mol. The van der Waals surface area contributed by atoms with Gasteiger partial charge in [0.2, 0.25) is 0 Å². The lowest BCUT2D eigenvalue weighted by Gasteiger charge is -2.03. The van der Waals surface area contributed by atoms with Crippen molar-refractivity contribution in [1.82, 2.24) is 15.5 Å². The molecule has 1 heterocycles. The zero-order valence-corrected chi connectivity index (χ0v) is 11.8. The van der Waals surface area contributed by atoms with E-state index in [1.165, 1.54) is 23.5 Å². The van der Waals surface area contributed by atoms with Crippen LogP contribution in [-0.4, -0.2) is 21.2 Å². The van der Waals surface area contributed by atoms with E-state index >= 15 is 0 Å². The second kappa shape index (κ2) is 6.02. The Morgan fingerprint density at radius 2 is 2.20 bits per heavy atom. The van der Waals surface area contributed by atoms with Gasteiger partial charge in [0.1, 0.15) is 10.8 Å². The smallest absolute Gasteiger partial charge is 0.282 e. The van der Waals surface area contributed by atoms with Crippen LogP contribution in [0.25, 0.3) is 10.6 Å². The molecule has 0 atom stereocenters. The van der Waals surface area contributed by atoms with Gasteiger partial charge in [-0.25, -0.2) is 4.39 Å². The number of rotatable bonds is 5. The molecule has 0 bridgehead atoms. The molecule has 1 aromatic heterocycles. The fraction of sp³-hybridized carbons (Fsp3) is 0.333. The van der Waals surface area contributed by atoms with Crippen molar-refractivity contribution in [2.24, 2.45) is 0 Å². The number of nitrogens with one attached hydrogen (secondary N) is 1. The SMILES string of the molecule is CC(C)NCc1nnc(-c2ccc(F)cc2[N+](=O)[O-])s1. The van der Waals surface area contributed by atoms with Crippen LogP contribution in [0.2, 0.25) is 0 Å². The van der Waals surface area contributed by atoms with Crippen molar-refractivity contribution in [3.63, 3.8) is 0 Å². The van der Waals surface area contributed by atoms with Crippen molar-refractivity contribution in [2.45, 2.75) is 26.4 Å². The summed E-state index contributed by atoms with van der Waals surface area (Å²) in [5.41, 5.74) is -0.0192. The highest BCUT2D eigenvalue weighted by molar-refractivity contribution is 7.14. The molecule has 0 saturated heterocycles. The van der Waals surface area contributed by atoms with Crippen molar-refractivity contribution in [3.8, 4) is 10.6 Å². The van der Waals surface area contributed by atoms with Gasteiger partial charge in [-0.3, -0.25) is 10.1 Å². The van der Waals surface area contributed by atoms with Crippen LogP contribution in [0.3, 0.4) is 0 Å². The number of aromatic nitrogens is 2. The summed E-state index contributed by atoms with van der Waals surface area (Å²) in [6, 6.07) is 3.73. The van der Waals surface area contributed by atoms with Crippen molar-refractivity contribution < 1.29 is 9.31 Å². The highest BCUT2D eigenvalue weighted by atomic mass is 32.1. The van der Waals surface area contributed by atoms with Crippen LogP contribution in [0, 0.1) is 15.9 Å². The molecular weight excluding hydrogens is 283 g/mol. The molecule has 0 unspecified atom stereocenters. The van der Waals surface area contributed by atoms with Gasteiger partial charge in [-0.1, -0.05) is 25.2 Å². The van der Waals surface area contributed by atoms with Gasteiger partial charge >= 0.3 is 0 Å². The standard InChI is InChI=1S/C12H13FN4O2S/c1-7(2)14-6-11-15-16-12(20-11)9-4-3-8(13)5-10(9)17(18)19/h3-5,7,14H,6H2,1-2H3. The Hall–Kier alpha value is -1.93. The molecular formula is C12H13FN4O2S. The van der Waals surface area contributed by atoms with Gasteiger partial charge in [0.05, 0.1) is 16.6 Å². The van der Waals surface area contributed by atoms with E-state index in [0.29, 0.717) is 17.6 Å². The van der Waals surface area contributed by atoms with Gasteiger partial charge in [-0.15, -0.1) is 10.2 Å². The number of nitrogens with zero attached hydrogens (tertiary/aromatic N) is 3. The highest BCUT2D eigenvalue weighted by Gasteiger charge is 2.19. The maximum absolute atomic E-state index is 13.1. The highest BCUT2D eigenvalue weighted by Crippen LogP contribution is 2.32. The molecule has 2 rings (SSSR count). The first-order valence-electron chi connectivity index (χ1n) is 5.97. The van der Waals surface area contributed by atoms with E-state index < -0.39 is 10.7 Å². The molecule has 0 radical (unpaired) electrons. The molecule has 6 nitrogen and oxygen atoms in total. The number of nitro benzene ring substituents is 1. The van der Waals surface area contributed by atoms with Crippen molar-refractivity contribution in [2.75, 3.05) is 0 Å². The number of nitro groups is 1. The first-order valence-corrected chi connectivity index (χ1v) is 6.79. The first kappa shape index (κ1) is 14.5. The number of halogens is 1. The minimum absolute atomic E-state index is 0.282. The summed E-state index contributed by atoms with van der Waals surface area (Å²) in [5.74, 6) is -0.647. The minimum atomic E-state index is -0.647. The zero-order valence-electron chi connectivity index (χ0n) is 11.0. The molecule has 0 amide bonds. The molecule has 2 aromatic rings. The largest absolute Gasteiger partial charge is 0.308 e. The Morgan fingerprint density at radius 1 is 1.45 bits per heavy atom. The number of benzene rings is 1.